The van der Waals surface area contributed by atoms with Crippen LogP contribution in [-0.2, 0) is 20.9 Å². The van der Waals surface area contributed by atoms with Crippen LogP contribution in [0.25, 0.3) is 21.8 Å². The lowest BCUT2D eigenvalue weighted by Gasteiger charge is -2.27. The Morgan fingerprint density at radius 3 is 2.57 bits per heavy atom. The van der Waals surface area contributed by atoms with E-state index in [1.807, 2.05) is 42.6 Å². The summed E-state index contributed by atoms with van der Waals surface area (Å²) in [6.07, 6.45) is 3.57. The number of carbonyl (C=O) groups excluding carboxylic acids is 3. The van der Waals surface area contributed by atoms with Crippen LogP contribution in [0.5, 0.6) is 0 Å². The molecule has 180 valence electrons. The molecule has 2 amide bonds. The van der Waals surface area contributed by atoms with Gasteiger partial charge in [0.05, 0.1) is 18.8 Å². The summed E-state index contributed by atoms with van der Waals surface area (Å²) < 4.78 is 7.07. The highest BCUT2D eigenvalue weighted by Crippen LogP contribution is 2.27. The number of thioether (sulfide) groups is 1. The summed E-state index contributed by atoms with van der Waals surface area (Å²) in [6.45, 7) is 2.65. The van der Waals surface area contributed by atoms with E-state index in [2.05, 4.69) is 16.4 Å². The summed E-state index contributed by atoms with van der Waals surface area (Å²) >= 11 is 1.62. The highest BCUT2D eigenvalue weighted by Gasteiger charge is 2.23. The van der Waals surface area contributed by atoms with Crippen molar-refractivity contribution in [2.24, 2.45) is 0 Å². The number of rotatable bonds is 8. The fraction of sp³-hybridized carbons (Fsp3) is 0.269. The first-order chi connectivity index (χ1) is 17.1. The fourth-order valence-corrected chi connectivity index (χ4v) is 5.21. The van der Waals surface area contributed by atoms with Gasteiger partial charge in [0.15, 0.2) is 0 Å². The molecule has 0 aliphatic carbocycles. The van der Waals surface area contributed by atoms with Crippen molar-refractivity contribution >= 4 is 51.2 Å². The Balaban J connectivity index is 1.23. The highest BCUT2D eigenvalue weighted by molar-refractivity contribution is 7.99. The maximum Gasteiger partial charge on any atom is 0.292 e. The van der Waals surface area contributed by atoms with Crippen molar-refractivity contribution in [2.45, 2.75) is 11.4 Å². The van der Waals surface area contributed by atoms with E-state index in [-0.39, 0.29) is 12.5 Å². The lowest BCUT2D eigenvalue weighted by Crippen LogP contribution is -2.42. The molecule has 0 saturated carbocycles. The molecule has 1 aliphatic heterocycles. The molecule has 0 bridgehead atoms. The first-order valence-electron chi connectivity index (χ1n) is 11.6. The number of para-hydroxylation sites is 2. The minimum absolute atomic E-state index is 0.0354. The molecule has 4 aromatic rings. The van der Waals surface area contributed by atoms with Gasteiger partial charge in [0.1, 0.15) is 6.54 Å². The van der Waals surface area contributed by atoms with Gasteiger partial charge < -0.3 is 24.5 Å². The van der Waals surface area contributed by atoms with Gasteiger partial charge in [0, 0.05) is 64.5 Å². The van der Waals surface area contributed by atoms with Crippen LogP contribution < -0.4 is 5.32 Å². The number of benzene rings is 2. The van der Waals surface area contributed by atoms with Crippen molar-refractivity contribution in [1.82, 2.24) is 19.8 Å². The number of ketones is 1. The lowest BCUT2D eigenvalue weighted by molar-refractivity contribution is -0.135. The van der Waals surface area contributed by atoms with E-state index in [9.17, 15) is 14.4 Å². The third-order valence-corrected chi connectivity index (χ3v) is 7.16. The highest BCUT2D eigenvalue weighted by atomic mass is 32.2. The zero-order valence-corrected chi connectivity index (χ0v) is 20.0. The largest absolute Gasteiger partial charge is 0.378 e. The number of H-pyrrole nitrogens is 1. The normalized spacial score (nSPS) is 13.9. The monoisotopic (exact) mass is 490 g/mol. The average molecular weight is 491 g/mol. The molecular formula is C26H26N4O4S. The van der Waals surface area contributed by atoms with Crippen molar-refractivity contribution in [2.75, 3.05) is 38.6 Å². The molecular weight excluding hydrogens is 464 g/mol. The summed E-state index contributed by atoms with van der Waals surface area (Å²) in [5.74, 6) is -0.647. The van der Waals surface area contributed by atoms with Gasteiger partial charge in [-0.05, 0) is 12.1 Å². The number of amides is 2. The number of carbonyl (C=O) groups is 3. The zero-order valence-electron chi connectivity index (χ0n) is 19.2. The Morgan fingerprint density at radius 1 is 1.00 bits per heavy atom. The molecule has 1 saturated heterocycles. The maximum atomic E-state index is 13.0. The number of aromatic amines is 1. The van der Waals surface area contributed by atoms with Gasteiger partial charge >= 0.3 is 0 Å². The molecule has 0 atom stereocenters. The molecule has 2 aromatic heterocycles. The number of fused-ring (bicyclic) bond motifs is 2. The summed E-state index contributed by atoms with van der Waals surface area (Å²) in [5.41, 5.74) is 2.12. The van der Waals surface area contributed by atoms with Crippen LogP contribution in [0, 0.1) is 0 Å². The molecule has 3 heterocycles. The van der Waals surface area contributed by atoms with Crippen LogP contribution in [0.15, 0.2) is 65.8 Å². The molecule has 9 heteroatoms. The van der Waals surface area contributed by atoms with Crippen molar-refractivity contribution in [3.05, 3.63) is 66.5 Å². The summed E-state index contributed by atoms with van der Waals surface area (Å²) in [5, 5.41) is 4.54. The number of ether oxygens (including phenoxy) is 1. The predicted octanol–water partition coefficient (Wildman–Crippen LogP) is 3.07. The third kappa shape index (κ3) is 4.96. The topological polar surface area (TPSA) is 96.4 Å². The van der Waals surface area contributed by atoms with Crippen LogP contribution in [0.1, 0.15) is 10.4 Å². The average Bonchev–Trinajstić information content (AvgIpc) is 3.48. The van der Waals surface area contributed by atoms with Crippen molar-refractivity contribution in [3.63, 3.8) is 0 Å². The second-order valence-corrected chi connectivity index (χ2v) is 9.45. The van der Waals surface area contributed by atoms with Crippen molar-refractivity contribution in [1.29, 1.82) is 0 Å². The van der Waals surface area contributed by atoms with E-state index in [1.165, 1.54) is 0 Å². The van der Waals surface area contributed by atoms with Gasteiger partial charge in [-0.25, -0.2) is 0 Å². The minimum atomic E-state index is -0.646. The predicted molar refractivity (Wildman–Crippen MR) is 136 cm³/mol. The van der Waals surface area contributed by atoms with E-state index in [1.54, 1.807) is 33.5 Å². The third-order valence-electron chi connectivity index (χ3n) is 6.11. The Morgan fingerprint density at radius 2 is 1.74 bits per heavy atom. The van der Waals surface area contributed by atoms with E-state index < -0.39 is 11.7 Å². The van der Waals surface area contributed by atoms with Gasteiger partial charge in [-0.1, -0.05) is 36.4 Å². The van der Waals surface area contributed by atoms with Crippen LogP contribution in [-0.4, -0.2) is 70.6 Å². The fourth-order valence-electron chi connectivity index (χ4n) is 4.31. The number of nitrogens with zero attached hydrogens (tertiary/aromatic N) is 2. The smallest absolute Gasteiger partial charge is 0.292 e. The Bertz CT molecular complexity index is 1390. The number of nitrogens with one attached hydrogen (secondary N) is 2. The number of hydrogen-bond donors (Lipinski definition) is 2. The summed E-state index contributed by atoms with van der Waals surface area (Å²) in [6, 6.07) is 15.4. The Hall–Kier alpha value is -3.56. The molecule has 35 heavy (non-hydrogen) atoms. The van der Waals surface area contributed by atoms with Crippen LogP contribution in [0.4, 0.5) is 0 Å². The lowest BCUT2D eigenvalue weighted by atomic mass is 10.1. The molecule has 8 nitrogen and oxygen atoms in total. The van der Waals surface area contributed by atoms with Gasteiger partial charge in [-0.2, -0.15) is 0 Å². The van der Waals surface area contributed by atoms with Gasteiger partial charge in [0.25, 0.3) is 11.7 Å². The molecule has 5 rings (SSSR count). The van der Waals surface area contributed by atoms with E-state index in [0.29, 0.717) is 49.6 Å². The Kier molecular flexibility index (Phi) is 6.87. The first-order valence-corrected chi connectivity index (χ1v) is 12.6. The summed E-state index contributed by atoms with van der Waals surface area (Å²) in [4.78, 5) is 44.5. The molecule has 2 aromatic carbocycles. The second-order valence-electron chi connectivity index (χ2n) is 8.31. The van der Waals surface area contributed by atoms with Crippen molar-refractivity contribution in [3.8, 4) is 0 Å². The first kappa shape index (κ1) is 23.2. The van der Waals surface area contributed by atoms with E-state index >= 15 is 0 Å². The number of Topliss-reactive ketones (excluding diaryl/α,β-unsaturated/α-hetero) is 1. The van der Waals surface area contributed by atoms with Crippen LogP contribution in [0.3, 0.4) is 0 Å². The number of hydrogen-bond acceptors (Lipinski definition) is 5. The van der Waals surface area contributed by atoms with E-state index in [4.69, 9.17) is 4.74 Å². The standard InChI is InChI=1S/C26H26N4O4S/c31-24(29-10-12-34-13-11-29)17-30-16-20(18-5-2-4-8-22(18)30)25(32)26(33)27-9-14-35-23-15-28-21-7-3-1-6-19(21)23/h1-8,15-16,28H,9-14,17H2,(H,27,33). The molecule has 1 fully saturated rings. The number of morpholine rings is 1. The summed E-state index contributed by atoms with van der Waals surface area (Å²) in [7, 11) is 0. The molecule has 0 unspecified atom stereocenters. The zero-order chi connectivity index (χ0) is 24.2. The number of aromatic nitrogens is 2. The molecule has 0 spiro atoms. The van der Waals surface area contributed by atoms with Gasteiger partial charge in [-0.15, -0.1) is 11.8 Å². The second kappa shape index (κ2) is 10.4. The Labute approximate surface area is 206 Å². The maximum absolute atomic E-state index is 13.0. The van der Waals surface area contributed by atoms with E-state index in [0.717, 1.165) is 21.3 Å². The van der Waals surface area contributed by atoms with Crippen molar-refractivity contribution < 1.29 is 19.1 Å². The van der Waals surface area contributed by atoms with Crippen LogP contribution >= 0.6 is 11.8 Å². The minimum Gasteiger partial charge on any atom is -0.378 e. The molecule has 0 radical (unpaired) electrons. The molecule has 2 N–H and O–H groups in total. The molecule has 1 aliphatic rings. The quantitative estimate of drug-likeness (QED) is 0.171. The van der Waals surface area contributed by atoms with Crippen LogP contribution in [0.2, 0.25) is 0 Å². The van der Waals surface area contributed by atoms with Gasteiger partial charge in [-0.3, -0.25) is 14.4 Å². The SMILES string of the molecule is O=C(NCCSc1c[nH]c2ccccc12)C(=O)c1cn(CC(=O)N2CCOCC2)c2ccccc12. The van der Waals surface area contributed by atoms with Gasteiger partial charge in [0.2, 0.25) is 5.91 Å².